The van der Waals surface area contributed by atoms with E-state index in [0.717, 1.165) is 0 Å². The molecule has 0 bridgehead atoms. The molecule has 0 N–H and O–H groups in total. The fraction of sp³-hybridized carbons (Fsp3) is 0.333. The maximum absolute atomic E-state index is 2.39. The molecule has 0 fully saturated rings. The van der Waals surface area contributed by atoms with Crippen LogP contribution in [0.25, 0.3) is 0 Å². The van der Waals surface area contributed by atoms with E-state index in [0.29, 0.717) is 19.2 Å². The molecular weight excluding hydrogens is 233 g/mol. The van der Waals surface area contributed by atoms with Crippen molar-refractivity contribution in [1.29, 1.82) is 0 Å². The Morgan fingerprint density at radius 1 is 1.42 bits per heavy atom. The molecule has 12 heavy (non-hydrogen) atoms. The van der Waals surface area contributed by atoms with E-state index in [1.807, 2.05) is 11.8 Å². The van der Waals surface area contributed by atoms with E-state index >= 15 is 0 Å². The van der Waals surface area contributed by atoms with Gasteiger partial charge >= 0.3 is 83.6 Å². The van der Waals surface area contributed by atoms with Crippen LogP contribution in [0.5, 0.6) is 0 Å². The number of nitrogens with zero attached hydrogens (tertiary/aromatic N) is 1. The minimum absolute atomic E-state index is 0.693. The third kappa shape index (κ3) is 1.26. The van der Waals surface area contributed by atoms with Crippen molar-refractivity contribution in [1.82, 2.24) is 0 Å². The number of para-hydroxylation sites is 1. The van der Waals surface area contributed by atoms with Gasteiger partial charge in [-0.25, -0.2) is 0 Å². The molecule has 0 amide bonds. The first kappa shape index (κ1) is 8.49. The fourth-order valence-corrected chi connectivity index (χ4v) is 4.59. The van der Waals surface area contributed by atoms with Gasteiger partial charge in [-0.05, 0) is 0 Å². The molecule has 0 aliphatic carbocycles. The summed E-state index contributed by atoms with van der Waals surface area (Å²) in [5, 5.41) is 0. The van der Waals surface area contributed by atoms with Crippen molar-refractivity contribution < 1.29 is 0 Å². The van der Waals surface area contributed by atoms with Crippen LogP contribution in [0, 0.1) is 0 Å². The molecule has 1 aromatic carbocycles. The third-order valence-corrected chi connectivity index (χ3v) is 6.22. The summed E-state index contributed by atoms with van der Waals surface area (Å²) in [5.41, 5.74) is 1.40. The number of hydrogen-bond acceptors (Lipinski definition) is 2. The van der Waals surface area contributed by atoms with Gasteiger partial charge in [-0.15, -0.1) is 0 Å². The van der Waals surface area contributed by atoms with Gasteiger partial charge in [-0.3, -0.25) is 0 Å². The van der Waals surface area contributed by atoms with Crippen molar-refractivity contribution >= 4 is 32.4 Å². The summed E-state index contributed by atoms with van der Waals surface area (Å²) in [7, 11) is 2.19. The van der Waals surface area contributed by atoms with E-state index in [1.165, 1.54) is 10.6 Å². The van der Waals surface area contributed by atoms with Crippen LogP contribution in [0.15, 0.2) is 29.2 Å². The molecule has 1 atom stereocenters. The summed E-state index contributed by atoms with van der Waals surface area (Å²) in [6.45, 7) is 0. The number of fused-ring (bicyclic) bond motifs is 1. The van der Waals surface area contributed by atoms with E-state index in [9.17, 15) is 0 Å². The molecule has 64 valence electrons. The van der Waals surface area contributed by atoms with E-state index in [1.54, 1.807) is 0 Å². The molecule has 1 aromatic rings. The van der Waals surface area contributed by atoms with Gasteiger partial charge in [-0.2, -0.15) is 0 Å². The fourth-order valence-electron chi connectivity index (χ4n) is 1.36. The Balaban J connectivity index is 2.35. The average Bonchev–Trinajstić information content (AvgIpc) is 2.44. The van der Waals surface area contributed by atoms with E-state index in [2.05, 4.69) is 42.0 Å². The third-order valence-electron chi connectivity index (χ3n) is 1.99. The molecule has 0 radical (unpaired) electrons. The minimum atomic E-state index is 0.693. The SMILES string of the molecule is C[Se]C1Sc2ccccc2N1C. The Hall–Kier alpha value is -0.111. The number of rotatable bonds is 1. The van der Waals surface area contributed by atoms with Gasteiger partial charge in [0.25, 0.3) is 0 Å². The summed E-state index contributed by atoms with van der Waals surface area (Å²) in [6.07, 6.45) is 0. The summed E-state index contributed by atoms with van der Waals surface area (Å²) in [5.74, 6) is 2.30. The first-order chi connectivity index (χ1) is 5.83. The quantitative estimate of drug-likeness (QED) is 0.697. The Morgan fingerprint density at radius 3 is 2.83 bits per heavy atom. The van der Waals surface area contributed by atoms with Crippen LogP contribution in [-0.2, 0) is 0 Å². The Kier molecular flexibility index (Phi) is 2.35. The molecule has 0 spiro atoms. The van der Waals surface area contributed by atoms with Gasteiger partial charge in [0, 0.05) is 0 Å². The molecule has 2 rings (SSSR count). The second-order valence-corrected chi connectivity index (χ2v) is 6.46. The van der Waals surface area contributed by atoms with Crippen LogP contribution in [-0.4, -0.2) is 26.3 Å². The molecule has 3 heteroatoms. The van der Waals surface area contributed by atoms with Gasteiger partial charge in [-0.1, -0.05) is 0 Å². The van der Waals surface area contributed by atoms with Crippen LogP contribution in [0.1, 0.15) is 0 Å². The van der Waals surface area contributed by atoms with E-state index in [-0.39, 0.29) is 0 Å². The summed E-state index contributed by atoms with van der Waals surface area (Å²) in [6, 6.07) is 8.64. The van der Waals surface area contributed by atoms with Gasteiger partial charge in [0.05, 0.1) is 0 Å². The van der Waals surface area contributed by atoms with Crippen molar-refractivity contribution in [3.63, 3.8) is 0 Å². The van der Waals surface area contributed by atoms with E-state index < -0.39 is 0 Å². The molecule has 1 aliphatic heterocycles. The van der Waals surface area contributed by atoms with Crippen molar-refractivity contribution in [2.75, 3.05) is 11.9 Å². The van der Waals surface area contributed by atoms with Crippen LogP contribution >= 0.6 is 11.8 Å². The van der Waals surface area contributed by atoms with Crippen molar-refractivity contribution in [2.45, 2.75) is 15.0 Å². The van der Waals surface area contributed by atoms with Gasteiger partial charge in [0.1, 0.15) is 0 Å². The molecule has 1 aliphatic rings. The monoisotopic (exact) mass is 245 g/mol. The molecule has 0 saturated heterocycles. The predicted molar refractivity (Wildman–Crippen MR) is 56.1 cm³/mol. The van der Waals surface area contributed by atoms with Crippen LogP contribution in [0.4, 0.5) is 5.69 Å². The molecular formula is C9H11NSSe. The number of hydrogen-bond donors (Lipinski definition) is 0. The number of benzene rings is 1. The Labute approximate surface area is 83.7 Å². The normalized spacial score (nSPS) is 21.2. The molecule has 1 unspecified atom stereocenters. The first-order valence-electron chi connectivity index (χ1n) is 3.84. The average molecular weight is 244 g/mol. The molecule has 1 heterocycles. The second-order valence-electron chi connectivity index (χ2n) is 2.74. The maximum atomic E-state index is 2.39. The Bertz CT molecular complexity index is 290. The number of thioether (sulfide) groups is 1. The standard InChI is InChI=1S/C9H11NSSe/c1-10-7-5-3-4-6-8(7)11-9(10)12-2/h3-6,9H,1-2H3. The van der Waals surface area contributed by atoms with Crippen LogP contribution in [0.3, 0.4) is 0 Å². The second kappa shape index (κ2) is 3.33. The molecule has 0 saturated carbocycles. The van der Waals surface area contributed by atoms with Gasteiger partial charge in [0.2, 0.25) is 0 Å². The Morgan fingerprint density at radius 2 is 2.17 bits per heavy atom. The van der Waals surface area contributed by atoms with Crippen molar-refractivity contribution in [2.24, 2.45) is 0 Å². The van der Waals surface area contributed by atoms with Crippen LogP contribution in [0.2, 0.25) is 5.82 Å². The van der Waals surface area contributed by atoms with Gasteiger partial charge in [0.15, 0.2) is 0 Å². The predicted octanol–water partition coefficient (Wildman–Crippen LogP) is 2.26. The first-order valence-corrected chi connectivity index (χ1v) is 7.42. The molecule has 1 nitrogen and oxygen atoms in total. The zero-order chi connectivity index (χ0) is 8.55. The number of anilines is 1. The zero-order valence-electron chi connectivity index (χ0n) is 7.15. The van der Waals surface area contributed by atoms with Crippen molar-refractivity contribution in [3.05, 3.63) is 24.3 Å². The molecule has 0 aromatic heterocycles. The summed E-state index contributed by atoms with van der Waals surface area (Å²) in [4.78, 5) is 3.83. The van der Waals surface area contributed by atoms with E-state index in [4.69, 9.17) is 0 Å². The zero-order valence-corrected chi connectivity index (χ0v) is 9.68. The summed E-state index contributed by atoms with van der Waals surface area (Å²) >= 11 is 2.69. The van der Waals surface area contributed by atoms with Crippen molar-refractivity contribution in [3.8, 4) is 0 Å². The van der Waals surface area contributed by atoms with Gasteiger partial charge < -0.3 is 0 Å². The summed E-state index contributed by atoms with van der Waals surface area (Å²) < 4.78 is 0.704. The van der Waals surface area contributed by atoms with Crippen LogP contribution < -0.4 is 4.90 Å². The topological polar surface area (TPSA) is 3.24 Å².